The van der Waals surface area contributed by atoms with Gasteiger partial charge in [0.25, 0.3) is 0 Å². The van der Waals surface area contributed by atoms with Crippen LogP contribution in [0.5, 0.6) is 11.5 Å². The van der Waals surface area contributed by atoms with Gasteiger partial charge in [-0.3, -0.25) is 4.90 Å². The molecule has 0 radical (unpaired) electrons. The number of amides is 2. The molecule has 18 heavy (non-hydrogen) atoms. The molecule has 0 aromatic heterocycles. The van der Waals surface area contributed by atoms with Gasteiger partial charge in [0.15, 0.2) is 0 Å². The highest BCUT2D eigenvalue weighted by molar-refractivity contribution is 5.96. The van der Waals surface area contributed by atoms with E-state index in [1.54, 1.807) is 37.3 Å². The van der Waals surface area contributed by atoms with Crippen LogP contribution in [0.4, 0.5) is 10.5 Å². The number of rotatable bonds is 4. The molecule has 6 nitrogen and oxygen atoms in total. The molecule has 0 bridgehead atoms. The number of hydrogen-bond acceptors (Lipinski definition) is 4. The summed E-state index contributed by atoms with van der Waals surface area (Å²) in [6.07, 6.45) is 0. The van der Waals surface area contributed by atoms with Gasteiger partial charge in [-0.1, -0.05) is 0 Å². The van der Waals surface area contributed by atoms with Gasteiger partial charge < -0.3 is 20.5 Å². The number of ether oxygens (including phenoxy) is 2. The highest BCUT2D eigenvalue weighted by atomic mass is 16.5. The number of nitrogens with two attached hydrogens (primary N) is 1. The fourth-order valence-electron chi connectivity index (χ4n) is 1.95. The lowest BCUT2D eigenvalue weighted by molar-refractivity contribution is 0.250. The highest BCUT2D eigenvalue weighted by Crippen LogP contribution is 2.33. The molecule has 6 heteroatoms. The van der Waals surface area contributed by atoms with Crippen molar-refractivity contribution in [3.05, 3.63) is 18.2 Å². The van der Waals surface area contributed by atoms with Crippen LogP contribution in [0, 0.1) is 0 Å². The quantitative estimate of drug-likeness (QED) is 0.819. The number of carbonyl (C=O) groups is 1. The molecule has 0 spiro atoms. The number of methoxy groups -OCH3 is 2. The number of nitrogens with zero attached hydrogens (tertiary/aromatic N) is 1. The van der Waals surface area contributed by atoms with Crippen LogP contribution in [-0.2, 0) is 0 Å². The molecular formula is C12H17N3O3. The molecule has 1 saturated heterocycles. The maximum Gasteiger partial charge on any atom is 0.322 e. The Labute approximate surface area is 106 Å². The van der Waals surface area contributed by atoms with Crippen molar-refractivity contribution in [2.75, 3.05) is 32.2 Å². The summed E-state index contributed by atoms with van der Waals surface area (Å²) in [6, 6.07) is 5.16. The van der Waals surface area contributed by atoms with Crippen molar-refractivity contribution in [1.82, 2.24) is 5.32 Å². The number of benzene rings is 1. The second-order valence-corrected chi connectivity index (χ2v) is 4.03. The molecule has 1 aliphatic heterocycles. The van der Waals surface area contributed by atoms with Crippen molar-refractivity contribution in [2.45, 2.75) is 6.04 Å². The highest BCUT2D eigenvalue weighted by Gasteiger charge is 2.30. The second kappa shape index (κ2) is 5.14. The summed E-state index contributed by atoms with van der Waals surface area (Å²) in [6.45, 7) is 0.957. The number of nitrogens with one attached hydrogen (secondary N) is 1. The Bertz CT molecular complexity index is 450. The maximum atomic E-state index is 11.8. The molecule has 1 fully saturated rings. The van der Waals surface area contributed by atoms with Crippen molar-refractivity contribution in [1.29, 1.82) is 0 Å². The summed E-state index contributed by atoms with van der Waals surface area (Å²) in [5.74, 6) is 1.28. The van der Waals surface area contributed by atoms with E-state index < -0.39 is 0 Å². The van der Waals surface area contributed by atoms with E-state index in [2.05, 4.69) is 5.32 Å². The van der Waals surface area contributed by atoms with E-state index >= 15 is 0 Å². The summed E-state index contributed by atoms with van der Waals surface area (Å²) >= 11 is 0. The van der Waals surface area contributed by atoms with Gasteiger partial charge in [0.2, 0.25) is 0 Å². The standard InChI is InChI=1S/C12H17N3O3/c1-17-9-3-4-10(11(5-9)18-2)15-7-8(6-13)14-12(15)16/h3-5,8H,6-7,13H2,1-2H3,(H,14,16). The van der Waals surface area contributed by atoms with E-state index in [0.717, 1.165) is 0 Å². The lowest BCUT2D eigenvalue weighted by Crippen LogP contribution is -2.33. The Morgan fingerprint density at radius 1 is 1.44 bits per heavy atom. The molecule has 0 saturated carbocycles. The van der Waals surface area contributed by atoms with Crippen molar-refractivity contribution in [2.24, 2.45) is 5.73 Å². The van der Waals surface area contributed by atoms with Crippen LogP contribution >= 0.6 is 0 Å². The molecule has 1 aromatic rings. The number of urea groups is 1. The van der Waals surface area contributed by atoms with Crippen LogP contribution in [0.25, 0.3) is 0 Å². The van der Waals surface area contributed by atoms with Crippen LogP contribution in [-0.4, -0.2) is 39.4 Å². The van der Waals surface area contributed by atoms with Crippen LogP contribution in [0.15, 0.2) is 18.2 Å². The Morgan fingerprint density at radius 2 is 2.22 bits per heavy atom. The molecule has 1 atom stereocenters. The smallest absolute Gasteiger partial charge is 0.322 e. The third-order valence-corrected chi connectivity index (χ3v) is 2.94. The molecule has 1 aromatic carbocycles. The normalized spacial score (nSPS) is 18.7. The Balaban J connectivity index is 2.30. The fourth-order valence-corrected chi connectivity index (χ4v) is 1.95. The van der Waals surface area contributed by atoms with E-state index in [4.69, 9.17) is 15.2 Å². The molecule has 2 amide bonds. The maximum absolute atomic E-state index is 11.8. The minimum atomic E-state index is -0.158. The molecule has 1 heterocycles. The van der Waals surface area contributed by atoms with Crippen molar-refractivity contribution < 1.29 is 14.3 Å². The number of hydrogen-bond donors (Lipinski definition) is 2. The van der Waals surface area contributed by atoms with Crippen LogP contribution < -0.4 is 25.4 Å². The summed E-state index contributed by atoms with van der Waals surface area (Å²) in [7, 11) is 3.15. The summed E-state index contributed by atoms with van der Waals surface area (Å²) in [4.78, 5) is 13.5. The lowest BCUT2D eigenvalue weighted by atomic mass is 10.2. The van der Waals surface area contributed by atoms with Gasteiger partial charge >= 0.3 is 6.03 Å². The predicted molar refractivity (Wildman–Crippen MR) is 68.3 cm³/mol. The predicted octanol–water partition coefficient (Wildman–Crippen LogP) is 0.561. The molecule has 2 rings (SSSR count). The molecule has 3 N–H and O–H groups in total. The first-order valence-electron chi connectivity index (χ1n) is 5.69. The molecule has 98 valence electrons. The minimum Gasteiger partial charge on any atom is -0.497 e. The van der Waals surface area contributed by atoms with Crippen LogP contribution in [0.1, 0.15) is 0 Å². The van der Waals surface area contributed by atoms with Crippen molar-refractivity contribution in [3.8, 4) is 11.5 Å². The van der Waals surface area contributed by atoms with Gasteiger partial charge in [0.1, 0.15) is 11.5 Å². The van der Waals surface area contributed by atoms with E-state index in [9.17, 15) is 4.79 Å². The average Bonchev–Trinajstić information content (AvgIpc) is 2.79. The zero-order valence-electron chi connectivity index (χ0n) is 10.5. The van der Waals surface area contributed by atoms with Gasteiger partial charge in [-0.25, -0.2) is 4.79 Å². The van der Waals surface area contributed by atoms with Gasteiger partial charge in [-0.05, 0) is 12.1 Å². The zero-order valence-corrected chi connectivity index (χ0v) is 10.5. The van der Waals surface area contributed by atoms with Gasteiger partial charge in [0, 0.05) is 19.2 Å². The lowest BCUT2D eigenvalue weighted by Gasteiger charge is -2.18. The summed E-state index contributed by atoms with van der Waals surface area (Å²) in [5, 5.41) is 2.81. The van der Waals surface area contributed by atoms with Crippen LogP contribution in [0.2, 0.25) is 0 Å². The van der Waals surface area contributed by atoms with Gasteiger partial charge in [-0.15, -0.1) is 0 Å². The minimum absolute atomic E-state index is 0.0238. The summed E-state index contributed by atoms with van der Waals surface area (Å²) in [5.41, 5.74) is 6.27. The topological polar surface area (TPSA) is 76.8 Å². The molecule has 0 aliphatic carbocycles. The molecular weight excluding hydrogens is 234 g/mol. The summed E-state index contributed by atoms with van der Waals surface area (Å²) < 4.78 is 10.4. The first-order chi connectivity index (χ1) is 8.69. The third-order valence-electron chi connectivity index (χ3n) is 2.94. The molecule has 1 aliphatic rings. The fraction of sp³-hybridized carbons (Fsp3) is 0.417. The van der Waals surface area contributed by atoms with Crippen LogP contribution in [0.3, 0.4) is 0 Å². The third kappa shape index (κ3) is 2.19. The SMILES string of the molecule is COc1ccc(N2CC(CN)NC2=O)c(OC)c1. The van der Waals surface area contributed by atoms with Crippen molar-refractivity contribution in [3.63, 3.8) is 0 Å². The van der Waals surface area contributed by atoms with Gasteiger partial charge in [0.05, 0.1) is 25.9 Å². The number of carbonyl (C=O) groups excluding carboxylic acids is 1. The van der Waals surface area contributed by atoms with Gasteiger partial charge in [-0.2, -0.15) is 0 Å². The second-order valence-electron chi connectivity index (χ2n) is 4.03. The Kier molecular flexibility index (Phi) is 3.57. The number of anilines is 1. The first-order valence-corrected chi connectivity index (χ1v) is 5.69. The largest absolute Gasteiger partial charge is 0.497 e. The Morgan fingerprint density at radius 3 is 2.78 bits per heavy atom. The van der Waals surface area contributed by atoms with E-state index in [1.807, 2.05) is 0 Å². The van der Waals surface area contributed by atoms with E-state index in [0.29, 0.717) is 30.3 Å². The zero-order chi connectivity index (χ0) is 13.1. The monoisotopic (exact) mass is 251 g/mol. The Hall–Kier alpha value is -1.95. The molecule has 1 unspecified atom stereocenters. The van der Waals surface area contributed by atoms with E-state index in [-0.39, 0.29) is 12.1 Å². The average molecular weight is 251 g/mol. The first kappa shape index (κ1) is 12.5. The van der Waals surface area contributed by atoms with Crippen molar-refractivity contribution >= 4 is 11.7 Å². The van der Waals surface area contributed by atoms with E-state index in [1.165, 1.54) is 0 Å².